The average Bonchev–Trinajstić information content (AvgIpc) is 2.52. The Labute approximate surface area is 119 Å². The lowest BCUT2D eigenvalue weighted by Crippen LogP contribution is -2.20. The van der Waals surface area contributed by atoms with Gasteiger partial charge >= 0.3 is 0 Å². The molecule has 2 nitrogen and oxygen atoms in total. The van der Waals surface area contributed by atoms with E-state index in [1.165, 1.54) is 6.08 Å². The summed E-state index contributed by atoms with van der Waals surface area (Å²) < 4.78 is 0. The number of nitrogens with one attached hydrogen (secondary N) is 1. The normalized spacial score (nSPS) is 9.80. The number of benzene rings is 2. The molecule has 0 heterocycles. The zero-order valence-corrected chi connectivity index (χ0v) is 11.0. The first-order chi connectivity index (χ1) is 9.84. The van der Waals surface area contributed by atoms with Crippen LogP contribution in [-0.2, 0) is 11.3 Å². The zero-order chi connectivity index (χ0) is 14.0. The van der Waals surface area contributed by atoms with Crippen LogP contribution in [0, 0.1) is 11.8 Å². The number of hydrogen-bond donors (Lipinski definition) is 1. The molecule has 0 aliphatic carbocycles. The Hall–Kier alpha value is -2.79. The predicted molar refractivity (Wildman–Crippen MR) is 80.7 cm³/mol. The van der Waals surface area contributed by atoms with Crippen LogP contribution in [0.5, 0.6) is 0 Å². The number of carbonyl (C=O) groups excluding carboxylic acids is 1. The van der Waals surface area contributed by atoms with Crippen LogP contribution < -0.4 is 5.32 Å². The van der Waals surface area contributed by atoms with Crippen molar-refractivity contribution >= 4 is 5.91 Å². The van der Waals surface area contributed by atoms with Crippen LogP contribution in [0.25, 0.3) is 0 Å². The second kappa shape index (κ2) is 7.60. The van der Waals surface area contributed by atoms with Gasteiger partial charge in [-0.05, 0) is 23.8 Å². The molecule has 2 aromatic carbocycles. The Morgan fingerprint density at radius 2 is 1.65 bits per heavy atom. The van der Waals surface area contributed by atoms with E-state index < -0.39 is 0 Å². The highest BCUT2D eigenvalue weighted by Crippen LogP contribution is 1.97. The summed E-state index contributed by atoms with van der Waals surface area (Å²) in [6, 6.07) is 19.4. The van der Waals surface area contributed by atoms with Crippen molar-refractivity contribution in [2.75, 3.05) is 0 Å². The van der Waals surface area contributed by atoms with Gasteiger partial charge in [0, 0.05) is 18.2 Å². The molecule has 0 bridgehead atoms. The molecule has 1 amide bonds. The lowest BCUT2D eigenvalue weighted by Gasteiger charge is -2.00. The molecule has 0 aromatic heterocycles. The van der Waals surface area contributed by atoms with Crippen molar-refractivity contribution in [3.63, 3.8) is 0 Å². The molecule has 0 spiro atoms. The molecular formula is C18H15NO. The minimum atomic E-state index is -0.142. The number of rotatable bonds is 3. The molecule has 0 saturated heterocycles. The van der Waals surface area contributed by atoms with E-state index in [2.05, 4.69) is 17.2 Å². The Balaban J connectivity index is 1.80. The van der Waals surface area contributed by atoms with Crippen molar-refractivity contribution in [1.29, 1.82) is 0 Å². The Morgan fingerprint density at radius 1 is 1.00 bits per heavy atom. The second-order valence-electron chi connectivity index (χ2n) is 4.17. The largest absolute Gasteiger partial charge is 0.348 e. The van der Waals surface area contributed by atoms with Gasteiger partial charge in [-0.15, -0.1) is 0 Å². The van der Waals surface area contributed by atoms with Gasteiger partial charge in [0.05, 0.1) is 0 Å². The van der Waals surface area contributed by atoms with Crippen LogP contribution in [-0.4, -0.2) is 5.91 Å². The van der Waals surface area contributed by atoms with Crippen molar-refractivity contribution < 1.29 is 4.79 Å². The van der Waals surface area contributed by atoms with E-state index in [1.54, 1.807) is 6.08 Å². The molecule has 98 valence electrons. The van der Waals surface area contributed by atoms with Crippen LogP contribution in [0.15, 0.2) is 72.8 Å². The van der Waals surface area contributed by atoms with Crippen LogP contribution in [0.1, 0.15) is 11.1 Å². The van der Waals surface area contributed by atoms with Crippen LogP contribution >= 0.6 is 0 Å². The number of hydrogen-bond acceptors (Lipinski definition) is 1. The average molecular weight is 261 g/mol. The molecular weight excluding hydrogens is 246 g/mol. The van der Waals surface area contributed by atoms with E-state index in [4.69, 9.17) is 0 Å². The smallest absolute Gasteiger partial charge is 0.244 e. The molecule has 2 heteroatoms. The maximum absolute atomic E-state index is 11.6. The second-order valence-corrected chi connectivity index (χ2v) is 4.17. The maximum Gasteiger partial charge on any atom is 0.244 e. The third-order valence-electron chi connectivity index (χ3n) is 2.62. The molecule has 20 heavy (non-hydrogen) atoms. The minimum absolute atomic E-state index is 0.142. The SMILES string of the molecule is O=C(/C=C\C#Cc1ccccc1)NCc1ccccc1. The standard InChI is InChI=1S/C18H15NO/c20-18(19-15-17-12-5-2-6-13-17)14-8-7-11-16-9-3-1-4-10-16/h1-6,8-10,12-14H,15H2,(H,19,20)/b14-8-. The summed E-state index contributed by atoms with van der Waals surface area (Å²) in [6.07, 6.45) is 3.01. The first kappa shape index (κ1) is 13.6. The highest BCUT2D eigenvalue weighted by molar-refractivity contribution is 5.87. The van der Waals surface area contributed by atoms with Gasteiger partial charge in [-0.2, -0.15) is 0 Å². The Morgan fingerprint density at radius 3 is 2.35 bits per heavy atom. The lowest BCUT2D eigenvalue weighted by molar-refractivity contribution is -0.116. The molecule has 0 aliphatic rings. The predicted octanol–water partition coefficient (Wildman–Crippen LogP) is 2.91. The summed E-state index contributed by atoms with van der Waals surface area (Å²) in [5.74, 6) is 5.65. The molecule has 1 N–H and O–H groups in total. The van der Waals surface area contributed by atoms with E-state index >= 15 is 0 Å². The molecule has 0 unspecified atom stereocenters. The van der Waals surface area contributed by atoms with E-state index in [0.29, 0.717) is 6.54 Å². The van der Waals surface area contributed by atoms with Gasteiger partial charge in [-0.1, -0.05) is 60.4 Å². The highest BCUT2D eigenvalue weighted by atomic mass is 16.1. The van der Waals surface area contributed by atoms with Gasteiger partial charge < -0.3 is 5.32 Å². The summed E-state index contributed by atoms with van der Waals surface area (Å²) in [4.78, 5) is 11.6. The monoisotopic (exact) mass is 261 g/mol. The van der Waals surface area contributed by atoms with Crippen molar-refractivity contribution in [2.24, 2.45) is 0 Å². The van der Waals surface area contributed by atoms with Crippen molar-refractivity contribution in [2.45, 2.75) is 6.54 Å². The topological polar surface area (TPSA) is 29.1 Å². The van der Waals surface area contributed by atoms with Crippen molar-refractivity contribution in [1.82, 2.24) is 5.32 Å². The summed E-state index contributed by atoms with van der Waals surface area (Å²) in [6.45, 7) is 0.524. The minimum Gasteiger partial charge on any atom is -0.348 e. The highest BCUT2D eigenvalue weighted by Gasteiger charge is 1.94. The fourth-order valence-electron chi connectivity index (χ4n) is 1.61. The third kappa shape index (κ3) is 4.83. The fourth-order valence-corrected chi connectivity index (χ4v) is 1.61. The molecule has 2 rings (SSSR count). The van der Waals surface area contributed by atoms with Crippen molar-refractivity contribution in [3.05, 3.63) is 83.9 Å². The number of allylic oxidation sites excluding steroid dienone is 1. The quantitative estimate of drug-likeness (QED) is 0.668. The molecule has 2 aromatic rings. The molecule has 0 fully saturated rings. The Bertz CT molecular complexity index is 633. The van der Waals surface area contributed by atoms with Gasteiger partial charge in [0.1, 0.15) is 0 Å². The first-order valence-electron chi connectivity index (χ1n) is 6.39. The zero-order valence-electron chi connectivity index (χ0n) is 11.0. The van der Waals surface area contributed by atoms with Gasteiger partial charge in [0.15, 0.2) is 0 Å². The van der Waals surface area contributed by atoms with Gasteiger partial charge in [-0.25, -0.2) is 0 Å². The van der Waals surface area contributed by atoms with Gasteiger partial charge in [0.25, 0.3) is 0 Å². The summed E-state index contributed by atoms with van der Waals surface area (Å²) in [5, 5.41) is 2.80. The number of carbonyl (C=O) groups is 1. The number of amides is 1. The summed E-state index contributed by atoms with van der Waals surface area (Å²) in [5.41, 5.74) is 2.01. The molecule has 0 atom stereocenters. The molecule has 0 saturated carbocycles. The molecule has 0 aliphatic heterocycles. The van der Waals surface area contributed by atoms with E-state index in [1.807, 2.05) is 60.7 Å². The van der Waals surface area contributed by atoms with Crippen LogP contribution in [0.3, 0.4) is 0 Å². The van der Waals surface area contributed by atoms with Crippen LogP contribution in [0.2, 0.25) is 0 Å². The lowest BCUT2D eigenvalue weighted by atomic mass is 10.2. The third-order valence-corrected chi connectivity index (χ3v) is 2.62. The van der Waals surface area contributed by atoms with E-state index in [-0.39, 0.29) is 5.91 Å². The summed E-state index contributed by atoms with van der Waals surface area (Å²) in [7, 11) is 0. The fraction of sp³-hybridized carbons (Fsp3) is 0.0556. The maximum atomic E-state index is 11.6. The van der Waals surface area contributed by atoms with Crippen molar-refractivity contribution in [3.8, 4) is 11.8 Å². The van der Waals surface area contributed by atoms with Gasteiger partial charge in [0.2, 0.25) is 5.91 Å². The van der Waals surface area contributed by atoms with Crippen LogP contribution in [0.4, 0.5) is 0 Å². The van der Waals surface area contributed by atoms with E-state index in [9.17, 15) is 4.79 Å². The Kier molecular flexibility index (Phi) is 5.18. The van der Waals surface area contributed by atoms with E-state index in [0.717, 1.165) is 11.1 Å². The van der Waals surface area contributed by atoms with Gasteiger partial charge in [-0.3, -0.25) is 4.79 Å². The summed E-state index contributed by atoms with van der Waals surface area (Å²) >= 11 is 0. The molecule has 0 radical (unpaired) electrons. The first-order valence-corrected chi connectivity index (χ1v) is 6.39.